The van der Waals surface area contributed by atoms with Crippen molar-refractivity contribution in [1.29, 1.82) is 5.26 Å². The largest absolute Gasteiger partial charge is 0.508 e. The summed E-state index contributed by atoms with van der Waals surface area (Å²) in [4.78, 5) is 4.35. The Balaban J connectivity index is 1.97. The van der Waals surface area contributed by atoms with Crippen molar-refractivity contribution in [3.63, 3.8) is 0 Å². The van der Waals surface area contributed by atoms with Crippen LogP contribution in [0.25, 0.3) is 0 Å². The third-order valence-corrected chi connectivity index (χ3v) is 3.74. The summed E-state index contributed by atoms with van der Waals surface area (Å²) in [6.45, 7) is 0. The number of hydrogen-bond donors (Lipinski definition) is 2. The highest BCUT2D eigenvalue weighted by molar-refractivity contribution is 8.13. The Hall–Kier alpha value is -2.45. The van der Waals surface area contributed by atoms with E-state index in [-0.39, 0.29) is 0 Å². The van der Waals surface area contributed by atoms with E-state index in [4.69, 9.17) is 5.26 Å². The number of amidine groups is 1. The standard InChI is InChI=1S/C17H17N3OS/c1-22-17(19-12-18)20-15-8-4-13(5-9-15)2-3-14-6-10-16(21)11-7-14/h4-11,21H,2-3H2,1H3,(H,19,20). The molecule has 0 amide bonds. The quantitative estimate of drug-likeness (QED) is 0.392. The minimum absolute atomic E-state index is 0.293. The predicted molar refractivity (Wildman–Crippen MR) is 91.3 cm³/mol. The minimum Gasteiger partial charge on any atom is -0.508 e. The Morgan fingerprint density at radius 1 is 1.09 bits per heavy atom. The summed E-state index contributed by atoms with van der Waals surface area (Å²) in [7, 11) is 0. The van der Waals surface area contributed by atoms with Gasteiger partial charge in [0.15, 0.2) is 11.4 Å². The number of phenolic OH excluding ortho intramolecular Hbond substituents is 1. The number of nitrogens with one attached hydrogen (secondary N) is 1. The molecule has 0 aromatic heterocycles. The van der Waals surface area contributed by atoms with Crippen LogP contribution in [0, 0.1) is 11.5 Å². The highest BCUT2D eigenvalue weighted by Gasteiger charge is 1.99. The van der Waals surface area contributed by atoms with Gasteiger partial charge >= 0.3 is 0 Å². The normalized spacial score (nSPS) is 11.0. The second-order valence-electron chi connectivity index (χ2n) is 4.69. The zero-order valence-electron chi connectivity index (χ0n) is 12.3. The summed E-state index contributed by atoms with van der Waals surface area (Å²) < 4.78 is 0. The summed E-state index contributed by atoms with van der Waals surface area (Å²) >= 11 is 1.40. The van der Waals surface area contributed by atoms with Crippen LogP contribution in [0.3, 0.4) is 0 Å². The highest BCUT2D eigenvalue weighted by Crippen LogP contribution is 2.17. The van der Waals surface area contributed by atoms with Gasteiger partial charge < -0.3 is 5.11 Å². The van der Waals surface area contributed by atoms with Gasteiger partial charge in [0, 0.05) is 0 Å². The van der Waals surface area contributed by atoms with Crippen LogP contribution in [0.15, 0.2) is 53.5 Å². The first-order valence-corrected chi connectivity index (χ1v) is 8.08. The summed E-state index contributed by atoms with van der Waals surface area (Å²) in [5, 5.41) is 21.0. The zero-order chi connectivity index (χ0) is 15.8. The molecule has 0 unspecified atom stereocenters. The first-order chi connectivity index (χ1) is 10.7. The molecule has 2 N–H and O–H groups in total. The lowest BCUT2D eigenvalue weighted by atomic mass is 10.0. The lowest BCUT2D eigenvalue weighted by Gasteiger charge is -2.04. The van der Waals surface area contributed by atoms with E-state index in [1.165, 1.54) is 22.9 Å². The molecule has 0 aliphatic rings. The van der Waals surface area contributed by atoms with Crippen LogP contribution < -0.4 is 5.32 Å². The molecule has 0 heterocycles. The predicted octanol–water partition coefficient (Wildman–Crippen LogP) is 3.60. The Kier molecular flexibility index (Phi) is 5.87. The molecular formula is C17H17N3OS. The topological polar surface area (TPSA) is 68.4 Å². The van der Waals surface area contributed by atoms with Crippen LogP contribution in [0.5, 0.6) is 5.75 Å². The lowest BCUT2D eigenvalue weighted by molar-refractivity contribution is 0.475. The molecule has 2 aromatic rings. The fraction of sp³-hybridized carbons (Fsp3) is 0.176. The molecular weight excluding hydrogens is 294 g/mol. The maximum absolute atomic E-state index is 9.26. The van der Waals surface area contributed by atoms with Crippen molar-refractivity contribution < 1.29 is 5.11 Å². The van der Waals surface area contributed by atoms with Gasteiger partial charge in [-0.15, -0.1) is 0 Å². The number of nitriles is 1. The smallest absolute Gasteiger partial charge is 0.183 e. The third-order valence-electron chi connectivity index (χ3n) is 3.16. The van der Waals surface area contributed by atoms with Crippen molar-refractivity contribution in [2.24, 2.45) is 4.99 Å². The number of phenols is 1. The zero-order valence-corrected chi connectivity index (χ0v) is 13.1. The van der Waals surface area contributed by atoms with Crippen LogP contribution in [-0.4, -0.2) is 16.5 Å². The average Bonchev–Trinajstić information content (AvgIpc) is 2.55. The van der Waals surface area contributed by atoms with Gasteiger partial charge in [0.25, 0.3) is 0 Å². The van der Waals surface area contributed by atoms with E-state index in [0.29, 0.717) is 10.9 Å². The summed E-state index contributed by atoms with van der Waals surface area (Å²) in [5.74, 6) is 0.293. The highest BCUT2D eigenvalue weighted by atomic mass is 32.2. The van der Waals surface area contributed by atoms with Gasteiger partial charge in [-0.1, -0.05) is 36.0 Å². The Labute approximate surface area is 134 Å². The molecule has 112 valence electrons. The van der Waals surface area contributed by atoms with Gasteiger partial charge in [0.05, 0.1) is 5.69 Å². The molecule has 2 aromatic carbocycles. The van der Waals surface area contributed by atoms with E-state index in [2.05, 4.69) is 10.3 Å². The molecule has 0 fully saturated rings. The van der Waals surface area contributed by atoms with Crippen molar-refractivity contribution >= 4 is 22.6 Å². The van der Waals surface area contributed by atoms with Crippen molar-refractivity contribution in [1.82, 2.24) is 5.32 Å². The van der Waals surface area contributed by atoms with Crippen LogP contribution in [-0.2, 0) is 12.8 Å². The summed E-state index contributed by atoms with van der Waals surface area (Å²) in [6.07, 6.45) is 5.60. The van der Waals surface area contributed by atoms with Gasteiger partial charge in [0.1, 0.15) is 5.75 Å². The summed E-state index contributed by atoms with van der Waals surface area (Å²) in [5.41, 5.74) is 3.24. The number of nitrogens with zero attached hydrogens (tertiary/aromatic N) is 2. The van der Waals surface area contributed by atoms with Crippen molar-refractivity contribution in [3.8, 4) is 11.9 Å². The number of aromatic hydroxyl groups is 1. The molecule has 0 saturated heterocycles. The van der Waals surface area contributed by atoms with Gasteiger partial charge in [0.2, 0.25) is 0 Å². The number of benzene rings is 2. The molecule has 0 atom stereocenters. The van der Waals surface area contributed by atoms with E-state index in [9.17, 15) is 5.11 Å². The van der Waals surface area contributed by atoms with E-state index < -0.39 is 0 Å². The lowest BCUT2D eigenvalue weighted by Crippen LogP contribution is -2.12. The Morgan fingerprint density at radius 2 is 1.64 bits per heavy atom. The molecule has 0 saturated carbocycles. The van der Waals surface area contributed by atoms with E-state index in [0.717, 1.165) is 18.5 Å². The van der Waals surface area contributed by atoms with Crippen molar-refractivity contribution in [2.45, 2.75) is 12.8 Å². The van der Waals surface area contributed by atoms with Crippen molar-refractivity contribution in [3.05, 3.63) is 59.7 Å². The molecule has 0 spiro atoms. The molecule has 22 heavy (non-hydrogen) atoms. The van der Waals surface area contributed by atoms with E-state index in [1.54, 1.807) is 12.1 Å². The molecule has 2 rings (SSSR count). The van der Waals surface area contributed by atoms with Gasteiger partial charge in [-0.2, -0.15) is 5.26 Å². The number of aliphatic imine (C=N–C) groups is 1. The van der Waals surface area contributed by atoms with Crippen LogP contribution in [0.4, 0.5) is 5.69 Å². The van der Waals surface area contributed by atoms with Crippen LogP contribution in [0.1, 0.15) is 11.1 Å². The van der Waals surface area contributed by atoms with Gasteiger partial charge in [-0.25, -0.2) is 4.99 Å². The third kappa shape index (κ3) is 4.83. The SMILES string of the molecule is CSC(=Nc1ccc(CCc2ccc(O)cc2)cc1)NC#N. The van der Waals surface area contributed by atoms with Crippen LogP contribution >= 0.6 is 11.8 Å². The number of rotatable bonds is 4. The fourth-order valence-corrected chi connectivity index (χ4v) is 2.32. The first kappa shape index (κ1) is 15.9. The fourth-order valence-electron chi connectivity index (χ4n) is 1.98. The monoisotopic (exact) mass is 311 g/mol. The minimum atomic E-state index is 0.293. The Bertz CT molecular complexity index is 673. The Morgan fingerprint density at radius 3 is 2.14 bits per heavy atom. The summed E-state index contributed by atoms with van der Waals surface area (Å²) in [6, 6.07) is 15.3. The second-order valence-corrected chi connectivity index (χ2v) is 5.49. The van der Waals surface area contributed by atoms with Crippen LogP contribution in [0.2, 0.25) is 0 Å². The first-order valence-electron chi connectivity index (χ1n) is 6.86. The maximum atomic E-state index is 9.26. The molecule has 0 bridgehead atoms. The number of hydrogen-bond acceptors (Lipinski definition) is 4. The van der Waals surface area contributed by atoms with Crippen molar-refractivity contribution in [2.75, 3.05) is 6.26 Å². The molecule has 0 aliphatic carbocycles. The molecule has 4 nitrogen and oxygen atoms in total. The van der Waals surface area contributed by atoms with E-state index >= 15 is 0 Å². The van der Waals surface area contributed by atoms with Gasteiger partial charge in [-0.3, -0.25) is 5.32 Å². The second kappa shape index (κ2) is 8.11. The molecule has 5 heteroatoms. The molecule has 0 radical (unpaired) electrons. The number of aryl methyl sites for hydroxylation is 2. The molecule has 0 aliphatic heterocycles. The number of thioether (sulfide) groups is 1. The van der Waals surface area contributed by atoms with E-state index in [1.807, 2.05) is 48.8 Å². The maximum Gasteiger partial charge on any atom is 0.183 e. The average molecular weight is 311 g/mol. The van der Waals surface area contributed by atoms with Gasteiger partial charge in [-0.05, 0) is 54.5 Å².